The predicted octanol–water partition coefficient (Wildman–Crippen LogP) is 3.78. The smallest absolute Gasteiger partial charge is 0.142 e. The van der Waals surface area contributed by atoms with E-state index in [0.717, 1.165) is 45.2 Å². The highest BCUT2D eigenvalue weighted by Gasteiger charge is 2.64. The number of allylic oxidation sites excluding steroid dienone is 1. The summed E-state index contributed by atoms with van der Waals surface area (Å²) in [5.74, 6) is 2.49. The summed E-state index contributed by atoms with van der Waals surface area (Å²) in [6, 6.07) is 0. The molecular weight excluding hydrogens is 374 g/mol. The van der Waals surface area contributed by atoms with Gasteiger partial charge in [0.15, 0.2) is 0 Å². The second-order valence-corrected chi connectivity index (χ2v) is 11.6. The fourth-order valence-electron chi connectivity index (χ4n) is 8.52. The first-order chi connectivity index (χ1) is 14.4. The lowest BCUT2D eigenvalue weighted by atomic mass is 9.42. The summed E-state index contributed by atoms with van der Waals surface area (Å²) in [5.41, 5.74) is -0.173. The van der Waals surface area contributed by atoms with Gasteiger partial charge in [0.25, 0.3) is 0 Å². The highest BCUT2D eigenvalue weighted by atomic mass is 16.3. The first-order valence-electron chi connectivity index (χ1n) is 12.5. The van der Waals surface area contributed by atoms with Crippen molar-refractivity contribution >= 4 is 11.6 Å². The van der Waals surface area contributed by atoms with Gasteiger partial charge in [-0.25, -0.2) is 0 Å². The predicted molar refractivity (Wildman–Crippen MR) is 117 cm³/mol. The molecule has 5 rings (SSSR count). The standard InChI is InChI=1S/C26H39NO3/c1-25-10-7-16(3-4-17-9-12-27-14-17)13-21(25)18(15-28)24(30)23-19-5-6-22(29)26(19,2)11-8-20(23)25/h3-4,16-21,23,27-28H,5-15H2,1-2H3/t16-,17+,18-,19+,20+,21?,23+,25-,26+/m1/s1. The molecule has 1 aliphatic heterocycles. The fourth-order valence-corrected chi connectivity index (χ4v) is 8.52. The Hall–Kier alpha value is -1.00. The van der Waals surface area contributed by atoms with Gasteiger partial charge in [-0.05, 0) is 86.5 Å². The van der Waals surface area contributed by atoms with E-state index in [1.165, 1.54) is 12.8 Å². The zero-order chi connectivity index (χ0) is 21.1. The van der Waals surface area contributed by atoms with E-state index < -0.39 is 0 Å². The molecule has 5 fully saturated rings. The van der Waals surface area contributed by atoms with Crippen LogP contribution in [0.15, 0.2) is 12.2 Å². The molecule has 0 aromatic rings. The molecule has 5 aliphatic rings. The Morgan fingerprint density at radius 1 is 1.00 bits per heavy atom. The summed E-state index contributed by atoms with van der Waals surface area (Å²) in [7, 11) is 0. The number of ketones is 2. The Labute approximate surface area is 181 Å². The molecule has 30 heavy (non-hydrogen) atoms. The van der Waals surface area contributed by atoms with Crippen LogP contribution in [0.25, 0.3) is 0 Å². The molecule has 0 aromatic carbocycles. The molecule has 4 aliphatic carbocycles. The summed E-state index contributed by atoms with van der Waals surface area (Å²) in [5, 5.41) is 13.8. The van der Waals surface area contributed by atoms with E-state index in [9.17, 15) is 14.7 Å². The molecule has 1 saturated heterocycles. The maximum atomic E-state index is 13.8. The third-order valence-corrected chi connectivity index (χ3v) is 10.4. The highest BCUT2D eigenvalue weighted by molar-refractivity contribution is 5.91. The van der Waals surface area contributed by atoms with Gasteiger partial charge in [0, 0.05) is 30.2 Å². The monoisotopic (exact) mass is 413 g/mol. The molecule has 2 N–H and O–H groups in total. The normalized spacial score (nSPS) is 51.1. The second-order valence-electron chi connectivity index (χ2n) is 11.6. The zero-order valence-electron chi connectivity index (χ0n) is 18.7. The van der Waals surface area contributed by atoms with Crippen LogP contribution in [0.5, 0.6) is 0 Å². The Morgan fingerprint density at radius 3 is 2.53 bits per heavy atom. The van der Waals surface area contributed by atoms with Gasteiger partial charge < -0.3 is 10.4 Å². The Balaban J connectivity index is 1.41. The van der Waals surface area contributed by atoms with Gasteiger partial charge in [-0.15, -0.1) is 0 Å². The van der Waals surface area contributed by atoms with Crippen molar-refractivity contribution in [2.75, 3.05) is 19.7 Å². The van der Waals surface area contributed by atoms with Crippen LogP contribution < -0.4 is 5.32 Å². The van der Waals surface area contributed by atoms with E-state index in [4.69, 9.17) is 0 Å². The molecule has 4 saturated carbocycles. The summed E-state index contributed by atoms with van der Waals surface area (Å²) in [4.78, 5) is 26.4. The molecule has 0 amide bonds. The first-order valence-corrected chi connectivity index (χ1v) is 12.5. The van der Waals surface area contributed by atoms with Gasteiger partial charge in [0.1, 0.15) is 11.6 Å². The van der Waals surface area contributed by atoms with Crippen LogP contribution in [-0.2, 0) is 9.59 Å². The van der Waals surface area contributed by atoms with Gasteiger partial charge in [-0.3, -0.25) is 9.59 Å². The lowest BCUT2D eigenvalue weighted by Crippen LogP contribution is -2.60. The second kappa shape index (κ2) is 7.55. The molecule has 0 aromatic heterocycles. The van der Waals surface area contributed by atoms with Crippen molar-refractivity contribution in [1.82, 2.24) is 5.32 Å². The van der Waals surface area contributed by atoms with Crippen molar-refractivity contribution in [3.8, 4) is 0 Å². The van der Waals surface area contributed by atoms with Crippen LogP contribution in [0.3, 0.4) is 0 Å². The molecule has 166 valence electrons. The number of Topliss-reactive ketones (excluding diaryl/α,β-unsaturated/α-hetero) is 2. The molecule has 1 heterocycles. The zero-order valence-corrected chi connectivity index (χ0v) is 18.7. The van der Waals surface area contributed by atoms with Crippen molar-refractivity contribution in [3.05, 3.63) is 12.2 Å². The molecule has 0 spiro atoms. The number of rotatable bonds is 3. The van der Waals surface area contributed by atoms with Crippen LogP contribution in [0, 0.1) is 52.3 Å². The molecular formula is C26H39NO3. The Morgan fingerprint density at radius 2 is 1.80 bits per heavy atom. The van der Waals surface area contributed by atoms with E-state index >= 15 is 0 Å². The SMILES string of the molecule is C[C@]12CC[C@@H](C=C[C@H]3CCNC3)CC1[C@@H](CO)C(=O)[C@@H]1[C@@H]2CC[C@]2(C)C(=O)CC[C@@H]12. The number of carbonyl (C=O) groups excluding carboxylic acids is 2. The number of hydrogen-bond acceptors (Lipinski definition) is 4. The minimum Gasteiger partial charge on any atom is -0.396 e. The highest BCUT2D eigenvalue weighted by Crippen LogP contribution is 2.66. The van der Waals surface area contributed by atoms with E-state index in [0.29, 0.717) is 35.7 Å². The van der Waals surface area contributed by atoms with Crippen LogP contribution >= 0.6 is 0 Å². The number of nitrogens with one attached hydrogen (secondary N) is 1. The lowest BCUT2D eigenvalue weighted by molar-refractivity contribution is -0.171. The average molecular weight is 414 g/mol. The molecule has 0 bridgehead atoms. The topological polar surface area (TPSA) is 66.4 Å². The van der Waals surface area contributed by atoms with Gasteiger partial charge in [-0.2, -0.15) is 0 Å². The summed E-state index contributed by atoms with van der Waals surface area (Å²) in [6.07, 6.45) is 12.9. The minimum absolute atomic E-state index is 0.00902. The van der Waals surface area contributed by atoms with Gasteiger partial charge in [0.05, 0.1) is 6.61 Å². The third kappa shape index (κ3) is 3.00. The van der Waals surface area contributed by atoms with Crippen molar-refractivity contribution in [3.63, 3.8) is 0 Å². The molecule has 9 atom stereocenters. The molecule has 0 radical (unpaired) electrons. The van der Waals surface area contributed by atoms with Crippen molar-refractivity contribution in [1.29, 1.82) is 0 Å². The quantitative estimate of drug-likeness (QED) is 0.691. The summed E-state index contributed by atoms with van der Waals surface area (Å²) in [6.45, 7) is 6.73. The van der Waals surface area contributed by atoms with Crippen LogP contribution in [0.1, 0.15) is 65.2 Å². The van der Waals surface area contributed by atoms with Gasteiger partial charge in [-0.1, -0.05) is 26.0 Å². The van der Waals surface area contributed by atoms with Crippen LogP contribution in [0.2, 0.25) is 0 Å². The first kappa shape index (κ1) is 20.9. The molecule has 4 nitrogen and oxygen atoms in total. The largest absolute Gasteiger partial charge is 0.396 e. The van der Waals surface area contributed by atoms with E-state index in [2.05, 4.69) is 31.3 Å². The summed E-state index contributed by atoms with van der Waals surface area (Å²) < 4.78 is 0. The number of aliphatic hydroxyl groups excluding tert-OH is 1. The fraction of sp³-hybridized carbons (Fsp3) is 0.846. The van der Waals surface area contributed by atoms with Crippen LogP contribution in [-0.4, -0.2) is 36.4 Å². The Kier molecular flexibility index (Phi) is 5.25. The maximum absolute atomic E-state index is 13.8. The Bertz CT molecular complexity index is 741. The maximum Gasteiger partial charge on any atom is 0.142 e. The van der Waals surface area contributed by atoms with E-state index in [1.807, 2.05) is 0 Å². The van der Waals surface area contributed by atoms with Crippen molar-refractivity contribution in [2.45, 2.75) is 65.2 Å². The van der Waals surface area contributed by atoms with Gasteiger partial charge in [0.2, 0.25) is 0 Å². The van der Waals surface area contributed by atoms with Crippen molar-refractivity contribution in [2.24, 2.45) is 52.3 Å². The number of hydrogen-bond donors (Lipinski definition) is 2. The lowest BCUT2D eigenvalue weighted by Gasteiger charge is -2.61. The van der Waals surface area contributed by atoms with Gasteiger partial charge >= 0.3 is 0 Å². The number of carbonyl (C=O) groups is 2. The average Bonchev–Trinajstić information content (AvgIpc) is 3.36. The van der Waals surface area contributed by atoms with E-state index in [1.54, 1.807) is 0 Å². The van der Waals surface area contributed by atoms with Crippen LogP contribution in [0.4, 0.5) is 0 Å². The minimum atomic E-state index is -0.296. The number of aliphatic hydroxyl groups is 1. The van der Waals surface area contributed by atoms with Crippen molar-refractivity contribution < 1.29 is 14.7 Å². The molecule has 4 heteroatoms. The third-order valence-electron chi connectivity index (χ3n) is 10.4. The summed E-state index contributed by atoms with van der Waals surface area (Å²) >= 11 is 0. The van der Waals surface area contributed by atoms with E-state index in [-0.39, 0.29) is 41.1 Å². The number of fused-ring (bicyclic) bond motifs is 5. The molecule has 1 unspecified atom stereocenters.